The molecule has 1 aliphatic rings. The minimum Gasteiger partial charge on any atom is -0.363 e. The molecule has 1 fully saturated rings. The second-order valence-corrected chi connectivity index (χ2v) is 8.72. The molecule has 0 N–H and O–H groups in total. The van der Waals surface area contributed by atoms with Gasteiger partial charge < -0.3 is 4.90 Å². The van der Waals surface area contributed by atoms with E-state index in [4.69, 9.17) is 0 Å². The van der Waals surface area contributed by atoms with Crippen molar-refractivity contribution in [2.75, 3.05) is 25.5 Å². The molecule has 6 heteroatoms. The zero-order valence-electron chi connectivity index (χ0n) is 15.2. The molecule has 0 spiro atoms. The third kappa shape index (κ3) is 3.41. The summed E-state index contributed by atoms with van der Waals surface area (Å²) in [6.07, 6.45) is 1.69. The van der Waals surface area contributed by atoms with E-state index in [2.05, 4.69) is 4.98 Å². The molecule has 3 rings (SSSR count). The number of aromatic nitrogens is 1. The van der Waals surface area contributed by atoms with Crippen LogP contribution >= 0.6 is 0 Å². The fraction of sp³-hybridized carbons (Fsp3) is 0.421. The summed E-state index contributed by atoms with van der Waals surface area (Å²) in [7, 11) is 0.398. The molecule has 1 saturated heterocycles. The average Bonchev–Trinajstić information content (AvgIpc) is 3.05. The summed E-state index contributed by atoms with van der Waals surface area (Å²) in [5.74, 6) is 0.882. The largest absolute Gasteiger partial charge is 0.363 e. The number of sulfonamides is 1. The molecule has 1 unspecified atom stereocenters. The molecule has 1 aliphatic heterocycles. The van der Waals surface area contributed by atoms with Crippen LogP contribution in [0.1, 0.15) is 35.7 Å². The SMILES string of the molecule is Cc1ccc(S(=O)(=O)N2CCCC2c2ccc(N(C)C)nc2C)cc1. The van der Waals surface area contributed by atoms with Gasteiger partial charge >= 0.3 is 0 Å². The number of anilines is 1. The van der Waals surface area contributed by atoms with Gasteiger partial charge in [0.05, 0.1) is 10.9 Å². The molecular formula is C19H25N3O2S. The smallest absolute Gasteiger partial charge is 0.243 e. The predicted octanol–water partition coefficient (Wildman–Crippen LogP) is 3.29. The predicted molar refractivity (Wildman–Crippen MR) is 100 cm³/mol. The van der Waals surface area contributed by atoms with Gasteiger partial charge in [0.25, 0.3) is 0 Å². The first kappa shape index (κ1) is 17.9. The van der Waals surface area contributed by atoms with E-state index in [1.165, 1.54) is 0 Å². The minimum absolute atomic E-state index is 0.144. The number of hydrogen-bond acceptors (Lipinski definition) is 4. The van der Waals surface area contributed by atoms with Crippen molar-refractivity contribution < 1.29 is 8.42 Å². The Bertz CT molecular complexity index is 861. The minimum atomic E-state index is -3.50. The lowest BCUT2D eigenvalue weighted by atomic mass is 10.0. The highest BCUT2D eigenvalue weighted by Gasteiger charge is 2.37. The van der Waals surface area contributed by atoms with Crippen LogP contribution in [0, 0.1) is 13.8 Å². The summed E-state index contributed by atoms with van der Waals surface area (Å²) in [4.78, 5) is 6.93. The Labute approximate surface area is 150 Å². The van der Waals surface area contributed by atoms with Crippen molar-refractivity contribution in [1.82, 2.24) is 9.29 Å². The zero-order valence-corrected chi connectivity index (χ0v) is 16.0. The summed E-state index contributed by atoms with van der Waals surface area (Å²) in [5, 5.41) is 0. The van der Waals surface area contributed by atoms with Crippen molar-refractivity contribution in [2.24, 2.45) is 0 Å². The molecule has 0 aliphatic carbocycles. The number of benzene rings is 1. The van der Waals surface area contributed by atoms with Crippen LogP contribution < -0.4 is 4.90 Å². The third-order valence-electron chi connectivity index (χ3n) is 4.76. The molecule has 134 valence electrons. The van der Waals surface area contributed by atoms with E-state index < -0.39 is 10.0 Å². The summed E-state index contributed by atoms with van der Waals surface area (Å²) in [6.45, 7) is 4.46. The summed E-state index contributed by atoms with van der Waals surface area (Å²) in [6, 6.07) is 10.9. The lowest BCUT2D eigenvalue weighted by Gasteiger charge is -2.26. The lowest BCUT2D eigenvalue weighted by molar-refractivity contribution is 0.395. The van der Waals surface area contributed by atoms with Crippen molar-refractivity contribution >= 4 is 15.8 Å². The lowest BCUT2D eigenvalue weighted by Crippen LogP contribution is -2.31. The van der Waals surface area contributed by atoms with Crippen LogP contribution in [-0.4, -0.2) is 38.3 Å². The Morgan fingerprint density at radius 2 is 1.76 bits per heavy atom. The van der Waals surface area contributed by atoms with E-state index in [0.29, 0.717) is 11.4 Å². The molecule has 2 aromatic rings. The third-order valence-corrected chi connectivity index (χ3v) is 6.68. The van der Waals surface area contributed by atoms with Crippen molar-refractivity contribution in [3.63, 3.8) is 0 Å². The Morgan fingerprint density at radius 1 is 1.08 bits per heavy atom. The molecule has 0 radical (unpaired) electrons. The molecule has 25 heavy (non-hydrogen) atoms. The first-order valence-electron chi connectivity index (χ1n) is 8.54. The van der Waals surface area contributed by atoms with Crippen molar-refractivity contribution in [1.29, 1.82) is 0 Å². The van der Waals surface area contributed by atoms with Crippen molar-refractivity contribution in [3.8, 4) is 0 Å². The van der Waals surface area contributed by atoms with Gasteiger partial charge in [-0.1, -0.05) is 23.8 Å². The van der Waals surface area contributed by atoms with Crippen LogP contribution in [0.4, 0.5) is 5.82 Å². The number of rotatable bonds is 4. The molecule has 1 atom stereocenters. The fourth-order valence-electron chi connectivity index (χ4n) is 3.34. The molecule has 0 saturated carbocycles. The average molecular weight is 359 g/mol. The number of pyridine rings is 1. The van der Waals surface area contributed by atoms with Crippen LogP contribution in [0.25, 0.3) is 0 Å². The Hall–Kier alpha value is -1.92. The van der Waals surface area contributed by atoms with Crippen LogP contribution in [0.15, 0.2) is 41.3 Å². The quantitative estimate of drug-likeness (QED) is 0.841. The van der Waals surface area contributed by atoms with Crippen LogP contribution in [0.2, 0.25) is 0 Å². The van der Waals surface area contributed by atoms with Crippen LogP contribution in [0.5, 0.6) is 0 Å². The maximum Gasteiger partial charge on any atom is 0.243 e. The summed E-state index contributed by atoms with van der Waals surface area (Å²) < 4.78 is 27.9. The Balaban J connectivity index is 1.96. The highest BCUT2D eigenvalue weighted by molar-refractivity contribution is 7.89. The molecule has 0 bridgehead atoms. The molecular weight excluding hydrogens is 334 g/mol. The second kappa shape index (κ2) is 6.77. The van der Waals surface area contributed by atoms with E-state index in [1.54, 1.807) is 16.4 Å². The van der Waals surface area contributed by atoms with Gasteiger partial charge in [0.15, 0.2) is 0 Å². The maximum absolute atomic E-state index is 13.1. The number of aryl methyl sites for hydroxylation is 2. The fourth-order valence-corrected chi connectivity index (χ4v) is 5.02. The summed E-state index contributed by atoms with van der Waals surface area (Å²) >= 11 is 0. The van der Waals surface area contributed by atoms with Gasteiger partial charge in [-0.2, -0.15) is 4.31 Å². The van der Waals surface area contributed by atoms with Gasteiger partial charge in [-0.05, 0) is 50.5 Å². The second-order valence-electron chi connectivity index (χ2n) is 6.83. The zero-order chi connectivity index (χ0) is 18.2. The van der Waals surface area contributed by atoms with Gasteiger partial charge in [0, 0.05) is 26.3 Å². The van der Waals surface area contributed by atoms with Crippen LogP contribution in [0.3, 0.4) is 0 Å². The Morgan fingerprint density at radius 3 is 2.36 bits per heavy atom. The maximum atomic E-state index is 13.1. The molecule has 5 nitrogen and oxygen atoms in total. The van der Waals surface area contributed by atoms with Crippen LogP contribution in [-0.2, 0) is 10.0 Å². The molecule has 1 aromatic heterocycles. The first-order valence-corrected chi connectivity index (χ1v) is 9.98. The normalized spacial score (nSPS) is 18.5. The highest BCUT2D eigenvalue weighted by atomic mass is 32.2. The van der Waals surface area contributed by atoms with E-state index in [0.717, 1.165) is 35.5 Å². The molecule has 0 amide bonds. The van der Waals surface area contributed by atoms with E-state index in [-0.39, 0.29) is 6.04 Å². The van der Waals surface area contributed by atoms with Crippen molar-refractivity contribution in [2.45, 2.75) is 37.6 Å². The van der Waals surface area contributed by atoms with Gasteiger partial charge in [0.2, 0.25) is 10.0 Å². The molecule has 2 heterocycles. The van der Waals surface area contributed by atoms with E-state index in [1.807, 2.05) is 57.1 Å². The highest BCUT2D eigenvalue weighted by Crippen LogP contribution is 2.37. The molecule has 1 aromatic carbocycles. The van der Waals surface area contributed by atoms with E-state index >= 15 is 0 Å². The van der Waals surface area contributed by atoms with Gasteiger partial charge in [-0.3, -0.25) is 0 Å². The summed E-state index contributed by atoms with van der Waals surface area (Å²) in [5.41, 5.74) is 2.94. The topological polar surface area (TPSA) is 53.5 Å². The number of nitrogens with zero attached hydrogens (tertiary/aromatic N) is 3. The van der Waals surface area contributed by atoms with Crippen molar-refractivity contribution in [3.05, 3.63) is 53.2 Å². The standard InChI is InChI=1S/C19H25N3O2S/c1-14-7-9-16(10-8-14)25(23,24)22-13-5-6-18(22)17-11-12-19(21(3)4)20-15(17)2/h7-12,18H,5-6,13H2,1-4H3. The monoisotopic (exact) mass is 359 g/mol. The van der Waals surface area contributed by atoms with E-state index in [9.17, 15) is 8.42 Å². The van der Waals surface area contributed by atoms with Gasteiger partial charge in [0.1, 0.15) is 5.82 Å². The van der Waals surface area contributed by atoms with Gasteiger partial charge in [-0.25, -0.2) is 13.4 Å². The first-order chi connectivity index (χ1) is 11.8. The Kier molecular flexibility index (Phi) is 4.84. The van der Waals surface area contributed by atoms with Gasteiger partial charge in [-0.15, -0.1) is 0 Å². The number of hydrogen-bond donors (Lipinski definition) is 0.